The lowest BCUT2D eigenvalue weighted by atomic mass is 9.91. The maximum atomic E-state index is 12.0. The van der Waals surface area contributed by atoms with E-state index in [0.717, 1.165) is 18.5 Å². The highest BCUT2D eigenvalue weighted by molar-refractivity contribution is 5.78. The fourth-order valence-electron chi connectivity index (χ4n) is 1.96. The first-order chi connectivity index (χ1) is 7.81. The summed E-state index contributed by atoms with van der Waals surface area (Å²) in [5, 5.41) is 15.6. The van der Waals surface area contributed by atoms with Crippen LogP contribution in [-0.4, -0.2) is 45.3 Å². The lowest BCUT2D eigenvalue weighted by molar-refractivity contribution is -0.135. The van der Waals surface area contributed by atoms with Crippen LogP contribution < -0.4 is 0 Å². The van der Waals surface area contributed by atoms with Crippen LogP contribution in [0.25, 0.3) is 0 Å². The first-order valence-electron chi connectivity index (χ1n) is 5.70. The van der Waals surface area contributed by atoms with Crippen LogP contribution in [0.15, 0.2) is 12.3 Å². The van der Waals surface area contributed by atoms with Gasteiger partial charge in [0.05, 0.1) is 13.0 Å². The number of aromatic nitrogens is 2. The number of hydrogen-bond donors (Lipinski definition) is 2. The van der Waals surface area contributed by atoms with E-state index in [0.29, 0.717) is 19.0 Å². The van der Waals surface area contributed by atoms with Crippen molar-refractivity contribution in [2.24, 2.45) is 0 Å². The third kappa shape index (κ3) is 2.41. The minimum absolute atomic E-state index is 0.0330. The number of carbonyl (C=O) groups is 1. The molecule has 1 aromatic rings. The lowest BCUT2D eigenvalue weighted by Crippen LogP contribution is -2.46. The van der Waals surface area contributed by atoms with Gasteiger partial charge in [-0.25, -0.2) is 0 Å². The van der Waals surface area contributed by atoms with Gasteiger partial charge in [0, 0.05) is 24.5 Å². The summed E-state index contributed by atoms with van der Waals surface area (Å²) >= 11 is 0. The van der Waals surface area contributed by atoms with E-state index in [9.17, 15) is 4.79 Å². The van der Waals surface area contributed by atoms with E-state index in [1.807, 2.05) is 0 Å². The molecule has 2 N–H and O–H groups in total. The molecule has 0 aromatic carbocycles. The fraction of sp³-hybridized carbons (Fsp3) is 0.636. The SMILES string of the molecule is O=C(Cc1ccn[nH]1)N(CCO)C1CCC1. The van der Waals surface area contributed by atoms with Crippen LogP contribution in [0.4, 0.5) is 0 Å². The molecule has 0 spiro atoms. The van der Waals surface area contributed by atoms with Gasteiger partial charge in [-0.2, -0.15) is 5.10 Å². The number of aliphatic hydroxyl groups excluding tert-OH is 1. The van der Waals surface area contributed by atoms with E-state index in [-0.39, 0.29) is 12.5 Å². The minimum Gasteiger partial charge on any atom is -0.395 e. The minimum atomic E-state index is 0.0330. The van der Waals surface area contributed by atoms with Gasteiger partial charge in [-0.1, -0.05) is 0 Å². The molecule has 0 aliphatic heterocycles. The molecule has 1 fully saturated rings. The maximum Gasteiger partial charge on any atom is 0.228 e. The van der Waals surface area contributed by atoms with Gasteiger partial charge < -0.3 is 10.0 Å². The van der Waals surface area contributed by atoms with Crippen molar-refractivity contribution in [1.29, 1.82) is 0 Å². The predicted molar refractivity (Wildman–Crippen MR) is 58.7 cm³/mol. The smallest absolute Gasteiger partial charge is 0.228 e. The molecular weight excluding hydrogens is 206 g/mol. The summed E-state index contributed by atoms with van der Waals surface area (Å²) in [6, 6.07) is 2.14. The van der Waals surface area contributed by atoms with Crippen molar-refractivity contribution in [3.8, 4) is 0 Å². The molecule has 1 saturated carbocycles. The predicted octanol–water partition coefficient (Wildman–Crippen LogP) is 0.326. The Labute approximate surface area is 94.5 Å². The van der Waals surface area contributed by atoms with Crippen LogP contribution in [-0.2, 0) is 11.2 Å². The van der Waals surface area contributed by atoms with Gasteiger partial charge in [0.15, 0.2) is 0 Å². The molecule has 1 aliphatic carbocycles. The van der Waals surface area contributed by atoms with Crippen LogP contribution in [0.2, 0.25) is 0 Å². The monoisotopic (exact) mass is 223 g/mol. The Kier molecular flexibility index (Phi) is 3.56. The number of amides is 1. The molecule has 1 amide bonds. The highest BCUT2D eigenvalue weighted by atomic mass is 16.3. The summed E-state index contributed by atoms with van der Waals surface area (Å²) in [6.45, 7) is 0.475. The van der Waals surface area contributed by atoms with Crippen LogP contribution >= 0.6 is 0 Å². The van der Waals surface area contributed by atoms with Gasteiger partial charge in [0.2, 0.25) is 5.91 Å². The highest BCUT2D eigenvalue weighted by Gasteiger charge is 2.28. The van der Waals surface area contributed by atoms with Gasteiger partial charge in [-0.3, -0.25) is 9.89 Å². The molecule has 1 heterocycles. The van der Waals surface area contributed by atoms with E-state index < -0.39 is 0 Å². The zero-order valence-corrected chi connectivity index (χ0v) is 9.22. The number of aromatic amines is 1. The molecule has 0 saturated heterocycles. The van der Waals surface area contributed by atoms with Crippen LogP contribution in [0.5, 0.6) is 0 Å². The topological polar surface area (TPSA) is 69.2 Å². The molecule has 0 unspecified atom stereocenters. The molecule has 5 nitrogen and oxygen atoms in total. The van der Waals surface area contributed by atoms with Crippen LogP contribution in [0.3, 0.4) is 0 Å². The Morgan fingerprint density at radius 3 is 2.94 bits per heavy atom. The van der Waals surface area contributed by atoms with Crippen molar-refractivity contribution < 1.29 is 9.90 Å². The van der Waals surface area contributed by atoms with E-state index >= 15 is 0 Å². The number of rotatable bonds is 5. The number of nitrogens with zero attached hydrogens (tertiary/aromatic N) is 2. The third-order valence-corrected chi connectivity index (χ3v) is 3.08. The number of nitrogens with one attached hydrogen (secondary N) is 1. The maximum absolute atomic E-state index is 12.0. The Hall–Kier alpha value is -1.36. The van der Waals surface area contributed by atoms with Crippen molar-refractivity contribution in [3.05, 3.63) is 18.0 Å². The summed E-state index contributed by atoms with van der Waals surface area (Å²) < 4.78 is 0. The third-order valence-electron chi connectivity index (χ3n) is 3.08. The number of aliphatic hydroxyl groups is 1. The first-order valence-corrected chi connectivity index (χ1v) is 5.70. The van der Waals surface area contributed by atoms with Crippen molar-refractivity contribution in [2.75, 3.05) is 13.2 Å². The molecule has 1 aromatic heterocycles. The van der Waals surface area contributed by atoms with Gasteiger partial charge in [0.1, 0.15) is 0 Å². The van der Waals surface area contributed by atoms with Crippen molar-refractivity contribution in [2.45, 2.75) is 31.7 Å². The van der Waals surface area contributed by atoms with E-state index in [1.54, 1.807) is 17.2 Å². The number of hydrogen-bond acceptors (Lipinski definition) is 3. The molecule has 88 valence electrons. The summed E-state index contributed by atoms with van der Waals surface area (Å²) in [5.74, 6) is 0.0722. The van der Waals surface area contributed by atoms with Crippen LogP contribution in [0.1, 0.15) is 25.0 Å². The van der Waals surface area contributed by atoms with Gasteiger partial charge in [-0.15, -0.1) is 0 Å². The zero-order valence-electron chi connectivity index (χ0n) is 9.22. The van der Waals surface area contributed by atoms with Crippen molar-refractivity contribution in [1.82, 2.24) is 15.1 Å². The Morgan fingerprint density at radius 2 is 2.44 bits per heavy atom. The summed E-state index contributed by atoms with van der Waals surface area (Å²) in [7, 11) is 0. The second-order valence-corrected chi connectivity index (χ2v) is 4.15. The standard InChI is InChI=1S/C11H17N3O2/c15-7-6-14(10-2-1-3-10)11(16)8-9-4-5-12-13-9/h4-5,10,15H,1-3,6-8H2,(H,12,13). The molecule has 0 radical (unpaired) electrons. The lowest BCUT2D eigenvalue weighted by Gasteiger charge is -2.37. The summed E-state index contributed by atoms with van der Waals surface area (Å²) in [6.07, 6.45) is 5.30. The molecule has 2 rings (SSSR count). The second-order valence-electron chi connectivity index (χ2n) is 4.15. The number of H-pyrrole nitrogens is 1. The number of carbonyl (C=O) groups excluding carboxylic acids is 1. The van der Waals surface area contributed by atoms with Gasteiger partial charge in [0.25, 0.3) is 0 Å². The average Bonchev–Trinajstić information content (AvgIpc) is 2.67. The van der Waals surface area contributed by atoms with Crippen molar-refractivity contribution >= 4 is 5.91 Å². The molecule has 1 aliphatic rings. The second kappa shape index (κ2) is 5.12. The largest absolute Gasteiger partial charge is 0.395 e. The Bertz CT molecular complexity index is 333. The normalized spacial score (nSPS) is 15.8. The van der Waals surface area contributed by atoms with Gasteiger partial charge >= 0.3 is 0 Å². The highest BCUT2D eigenvalue weighted by Crippen LogP contribution is 2.25. The molecule has 5 heteroatoms. The summed E-state index contributed by atoms with van der Waals surface area (Å²) in [5.41, 5.74) is 0.826. The molecule has 16 heavy (non-hydrogen) atoms. The van der Waals surface area contributed by atoms with Crippen LogP contribution in [0, 0.1) is 0 Å². The Balaban J connectivity index is 1.93. The van der Waals surface area contributed by atoms with Gasteiger partial charge in [-0.05, 0) is 25.3 Å². The van der Waals surface area contributed by atoms with E-state index in [1.165, 1.54) is 6.42 Å². The average molecular weight is 223 g/mol. The molecular formula is C11H17N3O2. The zero-order chi connectivity index (χ0) is 11.4. The quantitative estimate of drug-likeness (QED) is 0.755. The van der Waals surface area contributed by atoms with E-state index in [4.69, 9.17) is 5.11 Å². The fourth-order valence-corrected chi connectivity index (χ4v) is 1.96. The molecule has 0 atom stereocenters. The van der Waals surface area contributed by atoms with Crippen molar-refractivity contribution in [3.63, 3.8) is 0 Å². The van der Waals surface area contributed by atoms with E-state index in [2.05, 4.69) is 10.2 Å². The first kappa shape index (κ1) is 11.1. The summed E-state index contributed by atoms with van der Waals surface area (Å²) in [4.78, 5) is 13.8. The Morgan fingerprint density at radius 1 is 1.62 bits per heavy atom. The molecule has 0 bridgehead atoms.